The maximum atomic E-state index is 12.6. The molecule has 1 unspecified atom stereocenters. The predicted molar refractivity (Wildman–Crippen MR) is 101 cm³/mol. The number of hydrogen-bond acceptors (Lipinski definition) is 4. The van der Waals surface area contributed by atoms with Crippen LogP contribution in [0.1, 0.15) is 44.6 Å². The van der Waals surface area contributed by atoms with Gasteiger partial charge in [-0.05, 0) is 67.0 Å². The van der Waals surface area contributed by atoms with Crippen LogP contribution in [0.15, 0.2) is 40.5 Å². The van der Waals surface area contributed by atoms with Crippen LogP contribution in [0, 0.1) is 9.49 Å². The highest BCUT2D eigenvalue weighted by Crippen LogP contribution is 2.43. The van der Waals surface area contributed by atoms with Gasteiger partial charge in [0.15, 0.2) is 5.78 Å². The van der Waals surface area contributed by atoms with Gasteiger partial charge in [0.1, 0.15) is 5.92 Å². The molecule has 24 heavy (non-hydrogen) atoms. The predicted octanol–water partition coefficient (Wildman–Crippen LogP) is 4.04. The first-order valence-electron chi connectivity index (χ1n) is 8.26. The number of ether oxygens (including phenoxy) is 1. The molecule has 1 aliphatic carbocycles. The van der Waals surface area contributed by atoms with Crippen LogP contribution in [0.4, 0.5) is 0 Å². The van der Waals surface area contributed by atoms with Gasteiger partial charge >= 0.3 is 5.97 Å². The lowest BCUT2D eigenvalue weighted by Crippen LogP contribution is -2.37. The maximum Gasteiger partial charge on any atom is 0.315 e. The van der Waals surface area contributed by atoms with Crippen LogP contribution in [0.5, 0.6) is 0 Å². The standard InChI is InChI=1S/C19H20INO3/c1-3-24-19(23)16-11(2)21-14-5-4-6-15(22)18(14)17(16)12-7-9-13(20)10-8-12/h7-10,16-17H,3-6H2,1-2H3/t16?,17-/m0/s1. The number of carbonyl (C=O) groups is 2. The molecule has 0 spiro atoms. The molecule has 2 atom stereocenters. The Balaban J connectivity index is 2.13. The van der Waals surface area contributed by atoms with Crippen LogP contribution in [0.3, 0.4) is 0 Å². The summed E-state index contributed by atoms with van der Waals surface area (Å²) in [5.74, 6) is -0.996. The van der Waals surface area contributed by atoms with Gasteiger partial charge in [0.25, 0.3) is 0 Å². The molecule has 4 nitrogen and oxygen atoms in total. The zero-order valence-corrected chi connectivity index (χ0v) is 16.0. The van der Waals surface area contributed by atoms with E-state index in [4.69, 9.17) is 4.74 Å². The van der Waals surface area contributed by atoms with Gasteiger partial charge in [0, 0.05) is 32.9 Å². The van der Waals surface area contributed by atoms with Crippen molar-refractivity contribution in [3.8, 4) is 0 Å². The third-order valence-electron chi connectivity index (χ3n) is 4.60. The topological polar surface area (TPSA) is 55.7 Å². The molecule has 1 aromatic rings. The quantitative estimate of drug-likeness (QED) is 0.530. The summed E-state index contributed by atoms with van der Waals surface area (Å²) in [6.45, 7) is 3.98. The molecular weight excluding hydrogens is 417 g/mol. The van der Waals surface area contributed by atoms with E-state index >= 15 is 0 Å². The zero-order valence-electron chi connectivity index (χ0n) is 13.8. The Morgan fingerprint density at radius 1 is 1.29 bits per heavy atom. The largest absolute Gasteiger partial charge is 0.465 e. The van der Waals surface area contributed by atoms with Gasteiger partial charge in [-0.1, -0.05) is 12.1 Å². The summed E-state index contributed by atoms with van der Waals surface area (Å²) < 4.78 is 6.41. The SMILES string of the molecule is CCOC(=O)C1C(C)=NC2=C(C(=O)CCC2)[C@H]1c1ccc(I)cc1. The molecule has 0 saturated carbocycles. The van der Waals surface area contributed by atoms with E-state index in [1.54, 1.807) is 6.92 Å². The number of halogens is 1. The number of allylic oxidation sites excluding steroid dienone is 2. The summed E-state index contributed by atoms with van der Waals surface area (Å²) in [5, 5.41) is 0. The third-order valence-corrected chi connectivity index (χ3v) is 5.32. The van der Waals surface area contributed by atoms with Gasteiger partial charge in [0.05, 0.1) is 6.61 Å². The molecule has 0 saturated heterocycles. The molecule has 1 heterocycles. The number of rotatable bonds is 3. The lowest BCUT2D eigenvalue weighted by molar-refractivity contribution is -0.146. The Labute approximate surface area is 155 Å². The molecule has 2 aliphatic rings. The smallest absolute Gasteiger partial charge is 0.315 e. The summed E-state index contributed by atoms with van der Waals surface area (Å²) in [5.41, 5.74) is 3.29. The van der Waals surface area contributed by atoms with Gasteiger partial charge < -0.3 is 4.74 Å². The number of carbonyl (C=O) groups excluding carboxylic acids is 2. The number of benzene rings is 1. The fourth-order valence-corrected chi connectivity index (χ4v) is 3.93. The van der Waals surface area contributed by atoms with E-state index in [0.717, 1.165) is 33.4 Å². The van der Waals surface area contributed by atoms with Crippen molar-refractivity contribution in [2.75, 3.05) is 6.61 Å². The Hall–Kier alpha value is -1.50. The molecule has 0 N–H and O–H groups in total. The first-order chi connectivity index (χ1) is 11.5. The van der Waals surface area contributed by atoms with Crippen LogP contribution in [-0.2, 0) is 14.3 Å². The molecule has 0 fully saturated rings. The van der Waals surface area contributed by atoms with Crippen LogP contribution in [-0.4, -0.2) is 24.1 Å². The molecule has 1 aromatic carbocycles. The molecule has 0 amide bonds. The van der Waals surface area contributed by atoms with Crippen LogP contribution < -0.4 is 0 Å². The van der Waals surface area contributed by atoms with Crippen molar-refractivity contribution >= 4 is 40.1 Å². The summed E-state index contributed by atoms with van der Waals surface area (Å²) >= 11 is 2.25. The van der Waals surface area contributed by atoms with E-state index in [9.17, 15) is 9.59 Å². The first kappa shape index (κ1) is 17.3. The highest BCUT2D eigenvalue weighted by molar-refractivity contribution is 14.1. The zero-order chi connectivity index (χ0) is 17.3. The number of esters is 1. The molecule has 0 bridgehead atoms. The number of ketones is 1. The average molecular weight is 437 g/mol. The lowest BCUT2D eigenvalue weighted by atomic mass is 9.72. The third kappa shape index (κ3) is 3.18. The number of nitrogens with zero attached hydrogens (tertiary/aromatic N) is 1. The normalized spacial score (nSPS) is 23.6. The second kappa shape index (κ2) is 7.17. The fraction of sp³-hybridized carbons (Fsp3) is 0.421. The Morgan fingerprint density at radius 2 is 2.00 bits per heavy atom. The molecule has 0 aromatic heterocycles. The highest BCUT2D eigenvalue weighted by Gasteiger charge is 2.42. The minimum absolute atomic E-state index is 0.116. The van der Waals surface area contributed by atoms with E-state index in [1.807, 2.05) is 31.2 Å². The van der Waals surface area contributed by atoms with E-state index in [0.29, 0.717) is 18.6 Å². The summed E-state index contributed by atoms with van der Waals surface area (Å²) in [6.07, 6.45) is 2.16. The van der Waals surface area contributed by atoms with Gasteiger partial charge in [0.2, 0.25) is 0 Å². The Bertz CT molecular complexity index is 733. The molecular formula is C19H20INO3. The van der Waals surface area contributed by atoms with Gasteiger partial charge in [-0.2, -0.15) is 0 Å². The Kier molecular flexibility index (Phi) is 5.18. The van der Waals surface area contributed by atoms with Crippen LogP contribution in [0.25, 0.3) is 0 Å². The molecule has 0 radical (unpaired) electrons. The van der Waals surface area contributed by atoms with E-state index in [-0.39, 0.29) is 17.7 Å². The first-order valence-corrected chi connectivity index (χ1v) is 9.34. The number of Topliss-reactive ketones (excluding diaryl/α,β-unsaturated/α-hetero) is 1. The van der Waals surface area contributed by atoms with Crippen molar-refractivity contribution in [3.05, 3.63) is 44.7 Å². The average Bonchev–Trinajstić information content (AvgIpc) is 2.55. The van der Waals surface area contributed by atoms with E-state index in [2.05, 4.69) is 27.6 Å². The van der Waals surface area contributed by atoms with Crippen molar-refractivity contribution in [1.29, 1.82) is 0 Å². The lowest BCUT2D eigenvalue weighted by Gasteiger charge is -2.34. The maximum absolute atomic E-state index is 12.6. The molecule has 3 rings (SSSR count). The summed E-state index contributed by atoms with van der Waals surface area (Å²) in [6, 6.07) is 8.02. The van der Waals surface area contributed by atoms with Gasteiger partial charge in [-0.15, -0.1) is 0 Å². The summed E-state index contributed by atoms with van der Waals surface area (Å²) in [4.78, 5) is 29.8. The Morgan fingerprint density at radius 3 is 2.67 bits per heavy atom. The van der Waals surface area contributed by atoms with E-state index in [1.165, 1.54) is 0 Å². The number of aliphatic imine (C=N–C) groups is 1. The minimum atomic E-state index is -0.522. The molecule has 5 heteroatoms. The molecule has 126 valence electrons. The number of hydrogen-bond donors (Lipinski definition) is 0. The van der Waals surface area contributed by atoms with Crippen molar-refractivity contribution in [3.63, 3.8) is 0 Å². The highest BCUT2D eigenvalue weighted by atomic mass is 127. The van der Waals surface area contributed by atoms with Crippen molar-refractivity contribution in [2.24, 2.45) is 10.9 Å². The van der Waals surface area contributed by atoms with Crippen LogP contribution in [0.2, 0.25) is 0 Å². The second-order valence-electron chi connectivity index (χ2n) is 6.15. The van der Waals surface area contributed by atoms with Crippen LogP contribution >= 0.6 is 22.6 Å². The second-order valence-corrected chi connectivity index (χ2v) is 7.39. The van der Waals surface area contributed by atoms with Gasteiger partial charge in [-0.25, -0.2) is 0 Å². The van der Waals surface area contributed by atoms with Crippen molar-refractivity contribution in [1.82, 2.24) is 0 Å². The van der Waals surface area contributed by atoms with E-state index < -0.39 is 5.92 Å². The van der Waals surface area contributed by atoms with Gasteiger partial charge in [-0.3, -0.25) is 14.6 Å². The summed E-state index contributed by atoms with van der Waals surface area (Å²) in [7, 11) is 0. The molecule has 1 aliphatic heterocycles. The van der Waals surface area contributed by atoms with Crippen molar-refractivity contribution < 1.29 is 14.3 Å². The monoisotopic (exact) mass is 437 g/mol. The fourth-order valence-electron chi connectivity index (χ4n) is 3.57. The van der Waals surface area contributed by atoms with Crippen molar-refractivity contribution in [2.45, 2.75) is 39.0 Å². The minimum Gasteiger partial charge on any atom is -0.465 e.